The summed E-state index contributed by atoms with van der Waals surface area (Å²) in [4.78, 5) is 34.3. The minimum Gasteiger partial charge on any atom is -0.401 e. The number of thiazole rings is 1. The number of carbonyl (C=O) groups excluding carboxylic acids is 1. The number of hydrogen-bond donors (Lipinski definition) is 3. The van der Waals surface area contributed by atoms with Gasteiger partial charge in [0.05, 0.1) is 23.7 Å². The van der Waals surface area contributed by atoms with Gasteiger partial charge in [-0.25, -0.2) is 24.3 Å². The third-order valence-electron chi connectivity index (χ3n) is 5.14. The molecule has 33 heavy (non-hydrogen) atoms. The second-order valence-corrected chi connectivity index (χ2v) is 8.93. The first-order valence-corrected chi connectivity index (χ1v) is 11.5. The molecule has 1 fully saturated rings. The van der Waals surface area contributed by atoms with E-state index in [1.807, 2.05) is 17.2 Å². The summed E-state index contributed by atoms with van der Waals surface area (Å²) < 4.78 is 13.1. The molecule has 0 bridgehead atoms. The quantitative estimate of drug-likeness (QED) is 0.472. The summed E-state index contributed by atoms with van der Waals surface area (Å²) in [6.45, 7) is 5.35. The first-order chi connectivity index (χ1) is 15.8. The van der Waals surface area contributed by atoms with Crippen LogP contribution in [0.5, 0.6) is 0 Å². The van der Waals surface area contributed by atoms with Crippen LogP contribution in [0.25, 0.3) is 4.91 Å². The molecule has 0 spiro atoms. The van der Waals surface area contributed by atoms with Crippen LogP contribution in [0, 0.1) is 5.82 Å². The predicted molar refractivity (Wildman–Crippen MR) is 130 cm³/mol. The van der Waals surface area contributed by atoms with Gasteiger partial charge in [-0.05, 0) is 26.0 Å². The van der Waals surface area contributed by atoms with Crippen molar-refractivity contribution in [2.24, 2.45) is 5.73 Å². The predicted octanol–water partition coefficient (Wildman–Crippen LogP) is 3.14. The summed E-state index contributed by atoms with van der Waals surface area (Å²) >= 11 is 5.78. The van der Waals surface area contributed by atoms with Gasteiger partial charge in [-0.15, -0.1) is 24.0 Å². The van der Waals surface area contributed by atoms with Crippen LogP contribution >= 0.6 is 24.0 Å². The number of anilines is 3. The molecule has 12 heteroatoms. The summed E-state index contributed by atoms with van der Waals surface area (Å²) in [6, 6.07) is 3.41. The van der Waals surface area contributed by atoms with Crippen molar-refractivity contribution >= 4 is 51.7 Å². The maximum atomic E-state index is 13.1. The number of halogens is 1. The third kappa shape index (κ3) is 5.22. The molecule has 0 radical (unpaired) electrons. The molecule has 1 aliphatic rings. The molecule has 4 rings (SSSR count). The van der Waals surface area contributed by atoms with E-state index in [1.54, 1.807) is 30.2 Å². The van der Waals surface area contributed by atoms with Crippen molar-refractivity contribution in [2.75, 3.05) is 29.9 Å². The normalized spacial score (nSPS) is 17.0. The van der Waals surface area contributed by atoms with E-state index in [-0.39, 0.29) is 11.9 Å². The fraction of sp³-hybridized carbons (Fsp3) is 0.286. The van der Waals surface area contributed by atoms with Crippen LogP contribution in [0.2, 0.25) is 0 Å². The van der Waals surface area contributed by atoms with E-state index in [0.717, 1.165) is 12.4 Å². The molecule has 172 valence electrons. The van der Waals surface area contributed by atoms with E-state index >= 15 is 0 Å². The highest BCUT2D eigenvalue weighted by Gasteiger charge is 2.29. The maximum Gasteiger partial charge on any atom is 0.255 e. The average molecular weight is 487 g/mol. The Balaban J connectivity index is 1.38. The van der Waals surface area contributed by atoms with Gasteiger partial charge in [0.1, 0.15) is 5.82 Å². The lowest BCUT2D eigenvalue weighted by atomic mass is 10.1. The van der Waals surface area contributed by atoms with Crippen LogP contribution in [-0.2, 0) is 0 Å². The molecule has 1 atom stereocenters. The van der Waals surface area contributed by atoms with Crippen molar-refractivity contribution in [3.8, 4) is 0 Å². The van der Waals surface area contributed by atoms with Crippen molar-refractivity contribution in [1.82, 2.24) is 24.8 Å². The highest BCUT2D eigenvalue weighted by Crippen LogP contribution is 2.27. The number of piperazine rings is 1. The first kappa shape index (κ1) is 22.9. The number of pyridine rings is 1. The van der Waals surface area contributed by atoms with Crippen molar-refractivity contribution < 1.29 is 9.18 Å². The number of nitrogens with zero attached hydrogens (tertiary/aromatic N) is 6. The molecule has 0 unspecified atom stereocenters. The number of carbonyl (C=O) groups is 1. The largest absolute Gasteiger partial charge is 0.401 e. The van der Waals surface area contributed by atoms with E-state index in [9.17, 15) is 9.18 Å². The van der Waals surface area contributed by atoms with Gasteiger partial charge < -0.3 is 20.9 Å². The number of thiol groups is 1. The first-order valence-electron chi connectivity index (χ1n) is 10.2. The van der Waals surface area contributed by atoms with E-state index in [4.69, 9.17) is 5.73 Å². The van der Waals surface area contributed by atoms with Crippen molar-refractivity contribution in [1.29, 1.82) is 0 Å². The minimum absolute atomic E-state index is 0.0686. The van der Waals surface area contributed by atoms with Crippen LogP contribution in [0.4, 0.5) is 21.3 Å². The molecule has 3 N–H and O–H groups in total. The Morgan fingerprint density at radius 1 is 1.24 bits per heavy atom. The van der Waals surface area contributed by atoms with Gasteiger partial charge in [0.25, 0.3) is 5.91 Å². The summed E-state index contributed by atoms with van der Waals surface area (Å²) in [7, 11) is 0. The standard InChI is InChI=1S/C21H23FN8OS2/c1-12-10-29(20-25-8-15(22)9-26-20)5-6-30(12)19(31)14-3-4-17(24-7-14)28-21-27-16(11-33-21)18(32)13(2)23/h3-4,7-9,11-12,32H,5-6,10,23H2,1-2H3,(H,24,27,28)/b18-13-/t12-/m1/s1. The average Bonchev–Trinajstić information content (AvgIpc) is 3.27. The van der Waals surface area contributed by atoms with Gasteiger partial charge in [-0.1, -0.05) is 0 Å². The SMILES string of the molecule is C/C(N)=C(/S)c1csc(Nc2ccc(C(=O)N3CCN(c4ncc(F)cn4)C[C@H]3C)cn2)n1. The molecule has 0 aromatic carbocycles. The van der Waals surface area contributed by atoms with Crippen LogP contribution in [0.15, 0.2) is 41.8 Å². The number of nitrogens with one attached hydrogen (secondary N) is 1. The van der Waals surface area contributed by atoms with Crippen molar-refractivity contribution in [2.45, 2.75) is 19.9 Å². The fourth-order valence-corrected chi connectivity index (χ4v) is 4.33. The van der Waals surface area contributed by atoms with E-state index in [0.29, 0.717) is 58.4 Å². The van der Waals surface area contributed by atoms with Gasteiger partial charge in [0, 0.05) is 47.9 Å². The molecule has 3 aromatic rings. The summed E-state index contributed by atoms with van der Waals surface area (Å²) in [5.41, 5.74) is 7.55. The number of hydrogen-bond acceptors (Lipinski definition) is 10. The molecular formula is C21H23FN8OS2. The number of amides is 1. The molecule has 0 aliphatic carbocycles. The molecule has 0 saturated carbocycles. The fourth-order valence-electron chi connectivity index (χ4n) is 3.42. The van der Waals surface area contributed by atoms with Crippen LogP contribution in [0.3, 0.4) is 0 Å². The van der Waals surface area contributed by atoms with Crippen molar-refractivity contribution in [3.05, 3.63) is 58.9 Å². The summed E-state index contributed by atoms with van der Waals surface area (Å²) in [6.07, 6.45) is 3.84. The molecule has 4 heterocycles. The molecule has 1 aliphatic heterocycles. The third-order valence-corrected chi connectivity index (χ3v) is 6.48. The highest BCUT2D eigenvalue weighted by atomic mass is 32.1. The molecule has 1 saturated heterocycles. The number of allylic oxidation sites excluding steroid dienone is 1. The van der Waals surface area contributed by atoms with Gasteiger partial charge in [0.15, 0.2) is 10.9 Å². The Labute approximate surface area is 200 Å². The zero-order valence-electron chi connectivity index (χ0n) is 18.1. The zero-order valence-corrected chi connectivity index (χ0v) is 19.8. The Hall–Kier alpha value is -3.25. The van der Waals surface area contributed by atoms with Gasteiger partial charge in [-0.3, -0.25) is 4.79 Å². The lowest BCUT2D eigenvalue weighted by Crippen LogP contribution is -2.54. The summed E-state index contributed by atoms with van der Waals surface area (Å²) in [5, 5.41) is 5.64. The summed E-state index contributed by atoms with van der Waals surface area (Å²) in [5.74, 6) is 0.462. The monoisotopic (exact) mass is 486 g/mol. The van der Waals surface area contributed by atoms with Gasteiger partial charge >= 0.3 is 0 Å². The number of rotatable bonds is 5. The maximum absolute atomic E-state index is 13.1. The molecular weight excluding hydrogens is 463 g/mol. The van der Waals surface area contributed by atoms with E-state index in [1.165, 1.54) is 11.3 Å². The smallest absolute Gasteiger partial charge is 0.255 e. The Kier molecular flexibility index (Phi) is 6.75. The lowest BCUT2D eigenvalue weighted by Gasteiger charge is -2.39. The van der Waals surface area contributed by atoms with Crippen LogP contribution in [0.1, 0.15) is 29.9 Å². The minimum atomic E-state index is -0.477. The van der Waals surface area contributed by atoms with Gasteiger partial charge in [0.2, 0.25) is 5.95 Å². The lowest BCUT2D eigenvalue weighted by molar-refractivity contribution is 0.0673. The molecule has 3 aromatic heterocycles. The highest BCUT2D eigenvalue weighted by molar-refractivity contribution is 7.90. The molecule has 1 amide bonds. The van der Waals surface area contributed by atoms with E-state index in [2.05, 4.69) is 37.9 Å². The topological polar surface area (TPSA) is 113 Å². The molecule has 9 nitrogen and oxygen atoms in total. The Bertz CT molecular complexity index is 1160. The van der Waals surface area contributed by atoms with Crippen LogP contribution < -0.4 is 16.0 Å². The van der Waals surface area contributed by atoms with E-state index < -0.39 is 5.82 Å². The van der Waals surface area contributed by atoms with Crippen molar-refractivity contribution in [3.63, 3.8) is 0 Å². The van der Waals surface area contributed by atoms with Gasteiger partial charge in [-0.2, -0.15) is 0 Å². The number of aromatic nitrogens is 4. The number of nitrogens with two attached hydrogens (primary N) is 1. The van der Waals surface area contributed by atoms with Crippen LogP contribution in [-0.4, -0.2) is 56.4 Å². The Morgan fingerprint density at radius 3 is 2.64 bits per heavy atom. The zero-order chi connectivity index (χ0) is 23.5. The second kappa shape index (κ2) is 9.71. The Morgan fingerprint density at radius 2 is 2.00 bits per heavy atom. The second-order valence-electron chi connectivity index (χ2n) is 7.62.